The van der Waals surface area contributed by atoms with Crippen molar-refractivity contribution >= 4 is 16.8 Å². The van der Waals surface area contributed by atoms with Crippen LogP contribution >= 0.6 is 0 Å². The quantitative estimate of drug-likeness (QED) is 0.716. The Morgan fingerprint density at radius 2 is 1.89 bits per heavy atom. The van der Waals surface area contributed by atoms with E-state index in [1.807, 2.05) is 36.4 Å². The third-order valence-corrected chi connectivity index (χ3v) is 5.20. The van der Waals surface area contributed by atoms with Gasteiger partial charge in [-0.3, -0.25) is 19.1 Å². The maximum Gasteiger partial charge on any atom is 0.261 e. The van der Waals surface area contributed by atoms with Gasteiger partial charge in [-0.2, -0.15) is 0 Å². The molecule has 28 heavy (non-hydrogen) atoms. The highest BCUT2D eigenvalue weighted by molar-refractivity contribution is 5.77. The van der Waals surface area contributed by atoms with Crippen LogP contribution in [0.25, 0.3) is 10.9 Å². The zero-order valence-electron chi connectivity index (χ0n) is 15.8. The minimum absolute atomic E-state index is 0.0216. The minimum Gasteiger partial charge on any atom is -0.352 e. The molecule has 0 unspecified atom stereocenters. The van der Waals surface area contributed by atoms with Gasteiger partial charge >= 0.3 is 0 Å². The summed E-state index contributed by atoms with van der Waals surface area (Å²) in [5, 5.41) is 3.69. The van der Waals surface area contributed by atoms with Crippen LogP contribution in [0.2, 0.25) is 0 Å². The van der Waals surface area contributed by atoms with Crippen LogP contribution in [0.3, 0.4) is 0 Å². The monoisotopic (exact) mass is 376 g/mol. The number of nitrogens with zero attached hydrogens (tertiary/aromatic N) is 3. The van der Waals surface area contributed by atoms with Gasteiger partial charge in [0, 0.05) is 38.6 Å². The molecule has 1 aliphatic rings. The number of para-hydroxylation sites is 1. The Kier molecular flexibility index (Phi) is 5.48. The Balaban J connectivity index is 1.28. The van der Waals surface area contributed by atoms with Crippen molar-refractivity contribution in [2.24, 2.45) is 0 Å². The van der Waals surface area contributed by atoms with Crippen LogP contribution in [0, 0.1) is 0 Å². The summed E-state index contributed by atoms with van der Waals surface area (Å²) in [6.07, 6.45) is 2.75. The molecule has 0 bridgehead atoms. The summed E-state index contributed by atoms with van der Waals surface area (Å²) in [5.41, 5.74) is 1.86. The molecule has 0 saturated carbocycles. The van der Waals surface area contributed by atoms with Crippen LogP contribution in [0.4, 0.5) is 0 Å². The van der Waals surface area contributed by atoms with E-state index in [9.17, 15) is 9.59 Å². The molecule has 4 rings (SSSR count). The Bertz CT molecular complexity index is 1020. The standard InChI is InChI=1S/C22H24N4O2/c27-21(11-13-26-16-23-20-9-5-4-8-19(20)22(26)28)24-18-10-12-25(15-18)14-17-6-2-1-3-7-17/h1-9,16,18H,10-15H2,(H,24,27)/t18-/m1/s1. The normalized spacial score (nSPS) is 17.1. The second-order valence-electron chi connectivity index (χ2n) is 7.28. The average molecular weight is 376 g/mol. The molecule has 3 aromatic rings. The molecule has 0 aliphatic carbocycles. The number of hydrogen-bond acceptors (Lipinski definition) is 4. The van der Waals surface area contributed by atoms with E-state index in [1.54, 1.807) is 6.07 Å². The van der Waals surface area contributed by atoms with E-state index in [0.717, 1.165) is 26.1 Å². The average Bonchev–Trinajstić information content (AvgIpc) is 3.15. The Morgan fingerprint density at radius 3 is 2.75 bits per heavy atom. The van der Waals surface area contributed by atoms with E-state index in [1.165, 1.54) is 16.5 Å². The minimum atomic E-state index is -0.103. The number of benzene rings is 2. The first-order valence-corrected chi connectivity index (χ1v) is 9.69. The number of likely N-dealkylation sites (tertiary alicyclic amines) is 1. The summed E-state index contributed by atoms with van der Waals surface area (Å²) in [5.74, 6) is -0.0216. The summed E-state index contributed by atoms with van der Waals surface area (Å²) in [4.78, 5) is 31.5. The lowest BCUT2D eigenvalue weighted by atomic mass is 10.2. The van der Waals surface area contributed by atoms with Crippen molar-refractivity contribution in [1.82, 2.24) is 19.8 Å². The molecule has 6 nitrogen and oxygen atoms in total. The van der Waals surface area contributed by atoms with Crippen LogP contribution in [-0.4, -0.2) is 39.5 Å². The van der Waals surface area contributed by atoms with Gasteiger partial charge < -0.3 is 5.32 Å². The van der Waals surface area contributed by atoms with E-state index >= 15 is 0 Å². The molecular weight excluding hydrogens is 352 g/mol. The van der Waals surface area contributed by atoms with E-state index in [4.69, 9.17) is 0 Å². The van der Waals surface area contributed by atoms with Gasteiger partial charge in [0.2, 0.25) is 5.91 Å². The van der Waals surface area contributed by atoms with Crippen molar-refractivity contribution in [3.05, 3.63) is 76.8 Å². The molecular formula is C22H24N4O2. The van der Waals surface area contributed by atoms with Gasteiger partial charge in [0.05, 0.1) is 17.2 Å². The van der Waals surface area contributed by atoms with Crippen LogP contribution in [0.5, 0.6) is 0 Å². The molecule has 1 fully saturated rings. The van der Waals surface area contributed by atoms with Crippen molar-refractivity contribution in [1.29, 1.82) is 0 Å². The fourth-order valence-corrected chi connectivity index (χ4v) is 3.72. The lowest BCUT2D eigenvalue weighted by molar-refractivity contribution is -0.121. The van der Waals surface area contributed by atoms with E-state index in [-0.39, 0.29) is 23.9 Å². The summed E-state index contributed by atoms with van der Waals surface area (Å²) in [7, 11) is 0. The zero-order valence-corrected chi connectivity index (χ0v) is 15.8. The van der Waals surface area contributed by atoms with Crippen molar-refractivity contribution in [2.45, 2.75) is 32.0 Å². The fourth-order valence-electron chi connectivity index (χ4n) is 3.72. The van der Waals surface area contributed by atoms with Gasteiger partial charge in [0.1, 0.15) is 0 Å². The lowest BCUT2D eigenvalue weighted by Gasteiger charge is -2.17. The number of hydrogen-bond donors (Lipinski definition) is 1. The molecule has 2 heterocycles. The highest BCUT2D eigenvalue weighted by Crippen LogP contribution is 2.13. The van der Waals surface area contributed by atoms with Gasteiger partial charge in [0.25, 0.3) is 5.56 Å². The number of aryl methyl sites for hydroxylation is 1. The molecule has 1 aromatic heterocycles. The molecule has 0 radical (unpaired) electrons. The Morgan fingerprint density at radius 1 is 1.11 bits per heavy atom. The summed E-state index contributed by atoms with van der Waals surface area (Å²) in [6, 6.07) is 17.8. The van der Waals surface area contributed by atoms with Crippen molar-refractivity contribution < 1.29 is 4.79 Å². The highest BCUT2D eigenvalue weighted by atomic mass is 16.2. The third kappa shape index (κ3) is 4.28. The number of amides is 1. The van der Waals surface area contributed by atoms with E-state index in [2.05, 4.69) is 27.3 Å². The molecule has 1 saturated heterocycles. The summed E-state index contributed by atoms with van der Waals surface area (Å²) in [6.45, 7) is 3.08. The van der Waals surface area contributed by atoms with Gasteiger partial charge in [0.15, 0.2) is 0 Å². The maximum absolute atomic E-state index is 12.5. The second kappa shape index (κ2) is 8.35. The first-order valence-electron chi connectivity index (χ1n) is 9.69. The number of aromatic nitrogens is 2. The number of fused-ring (bicyclic) bond motifs is 1. The first-order chi connectivity index (χ1) is 13.7. The van der Waals surface area contributed by atoms with Crippen molar-refractivity contribution in [3.63, 3.8) is 0 Å². The van der Waals surface area contributed by atoms with Crippen LogP contribution < -0.4 is 10.9 Å². The highest BCUT2D eigenvalue weighted by Gasteiger charge is 2.23. The summed E-state index contributed by atoms with van der Waals surface area (Å²) >= 11 is 0. The molecule has 0 spiro atoms. The molecule has 6 heteroatoms. The van der Waals surface area contributed by atoms with Crippen molar-refractivity contribution in [2.75, 3.05) is 13.1 Å². The number of rotatable bonds is 6. The topological polar surface area (TPSA) is 67.2 Å². The fraction of sp³-hybridized carbons (Fsp3) is 0.318. The number of carbonyl (C=O) groups excluding carboxylic acids is 1. The van der Waals surface area contributed by atoms with E-state index in [0.29, 0.717) is 17.4 Å². The van der Waals surface area contributed by atoms with Crippen LogP contribution in [-0.2, 0) is 17.9 Å². The third-order valence-electron chi connectivity index (χ3n) is 5.20. The lowest BCUT2D eigenvalue weighted by Crippen LogP contribution is -2.37. The van der Waals surface area contributed by atoms with Gasteiger partial charge in [-0.1, -0.05) is 42.5 Å². The SMILES string of the molecule is O=C(CCn1cnc2ccccc2c1=O)N[C@@H]1CCN(Cc2ccccc2)C1. The molecule has 1 N–H and O–H groups in total. The molecule has 1 amide bonds. The predicted molar refractivity (Wildman–Crippen MR) is 109 cm³/mol. The number of carbonyl (C=O) groups is 1. The molecule has 2 aromatic carbocycles. The van der Waals surface area contributed by atoms with Crippen molar-refractivity contribution in [3.8, 4) is 0 Å². The first kappa shape index (κ1) is 18.4. The van der Waals surface area contributed by atoms with Crippen LogP contribution in [0.1, 0.15) is 18.4 Å². The molecule has 1 atom stereocenters. The predicted octanol–water partition coefficient (Wildman–Crippen LogP) is 2.18. The second-order valence-corrected chi connectivity index (χ2v) is 7.28. The zero-order chi connectivity index (χ0) is 19.3. The number of nitrogens with one attached hydrogen (secondary N) is 1. The smallest absolute Gasteiger partial charge is 0.261 e. The largest absolute Gasteiger partial charge is 0.352 e. The Hall–Kier alpha value is -2.99. The van der Waals surface area contributed by atoms with Gasteiger partial charge in [-0.15, -0.1) is 0 Å². The molecule has 1 aliphatic heterocycles. The van der Waals surface area contributed by atoms with E-state index < -0.39 is 0 Å². The maximum atomic E-state index is 12.5. The summed E-state index contributed by atoms with van der Waals surface area (Å²) < 4.78 is 1.51. The Labute approximate surface area is 163 Å². The molecule has 144 valence electrons. The van der Waals surface area contributed by atoms with Gasteiger partial charge in [-0.25, -0.2) is 4.98 Å². The van der Waals surface area contributed by atoms with Crippen LogP contribution in [0.15, 0.2) is 65.7 Å². The van der Waals surface area contributed by atoms with Gasteiger partial charge in [-0.05, 0) is 24.1 Å².